The average molecular weight is 273 g/mol. The largest absolute Gasteiger partial charge is 0.456 e. The molecule has 0 aliphatic heterocycles. The molecule has 0 saturated carbocycles. The fourth-order valence-corrected chi connectivity index (χ4v) is 2.81. The molecule has 102 valence electrons. The van der Waals surface area contributed by atoms with E-state index in [9.17, 15) is 0 Å². The zero-order valence-corrected chi connectivity index (χ0v) is 11.8. The Kier molecular flexibility index (Phi) is 2.51. The average Bonchev–Trinajstić information content (AvgIpc) is 2.87. The first-order valence-corrected chi connectivity index (χ1v) is 7.00. The molecule has 0 bridgehead atoms. The number of hydrogen-bond donors (Lipinski definition) is 1. The highest BCUT2D eigenvalue weighted by Crippen LogP contribution is 2.34. The molecule has 2 N–H and O–H groups in total. The molecule has 0 atom stereocenters. The van der Waals surface area contributed by atoms with Gasteiger partial charge in [-0.25, -0.2) is 0 Å². The Hall–Kier alpha value is -2.74. The summed E-state index contributed by atoms with van der Waals surface area (Å²) in [7, 11) is 0. The molecule has 0 fully saturated rings. The Labute approximate surface area is 122 Å². The number of anilines is 1. The van der Waals surface area contributed by atoms with Crippen molar-refractivity contribution in [2.75, 3.05) is 5.73 Å². The van der Waals surface area contributed by atoms with Gasteiger partial charge in [0, 0.05) is 22.0 Å². The van der Waals surface area contributed by atoms with E-state index in [0.29, 0.717) is 0 Å². The van der Waals surface area contributed by atoms with Crippen LogP contribution in [0.25, 0.3) is 33.1 Å². The Bertz CT molecular complexity index is 966. The molecule has 0 spiro atoms. The monoisotopic (exact) mass is 273 g/mol. The first kappa shape index (κ1) is 12.0. The summed E-state index contributed by atoms with van der Waals surface area (Å²) in [6, 6.07) is 20.5. The van der Waals surface area contributed by atoms with Crippen molar-refractivity contribution in [3.63, 3.8) is 0 Å². The zero-order valence-electron chi connectivity index (χ0n) is 11.8. The van der Waals surface area contributed by atoms with Crippen LogP contribution in [0.5, 0.6) is 0 Å². The molecule has 4 aromatic rings. The number of benzene rings is 3. The zero-order chi connectivity index (χ0) is 14.4. The summed E-state index contributed by atoms with van der Waals surface area (Å²) in [5.41, 5.74) is 12.2. The van der Waals surface area contributed by atoms with Crippen LogP contribution in [-0.2, 0) is 0 Å². The maximum Gasteiger partial charge on any atom is 0.135 e. The van der Waals surface area contributed by atoms with Crippen LogP contribution >= 0.6 is 0 Å². The van der Waals surface area contributed by atoms with E-state index in [1.165, 1.54) is 5.56 Å². The van der Waals surface area contributed by atoms with Gasteiger partial charge < -0.3 is 10.2 Å². The van der Waals surface area contributed by atoms with Crippen molar-refractivity contribution < 1.29 is 4.42 Å². The molecule has 0 radical (unpaired) electrons. The third kappa shape index (κ3) is 1.88. The standard InChI is InChI=1S/C19H15NO/c1-12-6-8-17(20)15(10-12)13-7-9-19-16(11-13)14-4-2-3-5-18(14)21-19/h2-11H,20H2,1H3. The van der Waals surface area contributed by atoms with Crippen LogP contribution < -0.4 is 5.73 Å². The molecular formula is C19H15NO. The molecule has 0 aliphatic carbocycles. The van der Waals surface area contributed by atoms with Crippen molar-refractivity contribution in [3.05, 3.63) is 66.2 Å². The van der Waals surface area contributed by atoms with E-state index in [1.54, 1.807) is 0 Å². The minimum absolute atomic E-state index is 0.799. The molecule has 1 aromatic heterocycles. The van der Waals surface area contributed by atoms with Crippen molar-refractivity contribution in [1.29, 1.82) is 0 Å². The lowest BCUT2D eigenvalue weighted by Crippen LogP contribution is -1.90. The normalized spacial score (nSPS) is 11.3. The molecule has 3 aromatic carbocycles. The van der Waals surface area contributed by atoms with Crippen molar-refractivity contribution in [2.24, 2.45) is 0 Å². The fraction of sp³-hybridized carbons (Fsp3) is 0.0526. The predicted octanol–water partition coefficient (Wildman–Crippen LogP) is 5.14. The highest BCUT2D eigenvalue weighted by Gasteiger charge is 2.09. The van der Waals surface area contributed by atoms with Crippen LogP contribution in [0.1, 0.15) is 5.56 Å². The van der Waals surface area contributed by atoms with Crippen LogP contribution in [0.3, 0.4) is 0 Å². The number of para-hydroxylation sites is 1. The van der Waals surface area contributed by atoms with Crippen LogP contribution in [-0.4, -0.2) is 0 Å². The number of nitrogens with two attached hydrogens (primary N) is 1. The first-order chi connectivity index (χ1) is 10.2. The maximum atomic E-state index is 6.13. The first-order valence-electron chi connectivity index (χ1n) is 7.00. The predicted molar refractivity (Wildman–Crippen MR) is 88.3 cm³/mol. The third-order valence-corrected chi connectivity index (χ3v) is 3.90. The van der Waals surface area contributed by atoms with Gasteiger partial charge in [0.15, 0.2) is 0 Å². The lowest BCUT2D eigenvalue weighted by molar-refractivity contribution is 0.669. The van der Waals surface area contributed by atoms with Crippen LogP contribution in [0.4, 0.5) is 5.69 Å². The van der Waals surface area contributed by atoms with E-state index in [0.717, 1.165) is 38.8 Å². The van der Waals surface area contributed by atoms with Crippen molar-refractivity contribution in [2.45, 2.75) is 6.92 Å². The second kappa shape index (κ2) is 4.38. The van der Waals surface area contributed by atoms with E-state index < -0.39 is 0 Å². The number of rotatable bonds is 1. The molecule has 1 heterocycles. The van der Waals surface area contributed by atoms with Crippen LogP contribution in [0.15, 0.2) is 65.1 Å². The van der Waals surface area contributed by atoms with Crippen molar-refractivity contribution in [1.82, 2.24) is 0 Å². The van der Waals surface area contributed by atoms with Gasteiger partial charge in [-0.05, 0) is 42.8 Å². The van der Waals surface area contributed by atoms with Gasteiger partial charge in [0.25, 0.3) is 0 Å². The third-order valence-electron chi connectivity index (χ3n) is 3.90. The van der Waals surface area contributed by atoms with Gasteiger partial charge in [0.2, 0.25) is 0 Å². The van der Waals surface area contributed by atoms with E-state index >= 15 is 0 Å². The molecule has 2 nitrogen and oxygen atoms in total. The lowest BCUT2D eigenvalue weighted by Gasteiger charge is -2.07. The molecular weight excluding hydrogens is 258 g/mol. The summed E-state index contributed by atoms with van der Waals surface area (Å²) in [5.74, 6) is 0. The Morgan fingerprint density at radius 2 is 1.62 bits per heavy atom. The van der Waals surface area contributed by atoms with Gasteiger partial charge in [0.05, 0.1) is 0 Å². The molecule has 4 rings (SSSR count). The SMILES string of the molecule is Cc1ccc(N)c(-c2ccc3oc4ccccc4c3c2)c1. The van der Waals surface area contributed by atoms with Crippen molar-refractivity contribution in [3.8, 4) is 11.1 Å². The molecule has 0 aliphatic rings. The van der Waals surface area contributed by atoms with E-state index in [1.807, 2.05) is 36.4 Å². The summed E-state index contributed by atoms with van der Waals surface area (Å²) in [6.07, 6.45) is 0. The maximum absolute atomic E-state index is 6.13. The fourth-order valence-electron chi connectivity index (χ4n) is 2.81. The van der Waals surface area contributed by atoms with E-state index in [2.05, 4.69) is 31.2 Å². The second-order valence-electron chi connectivity index (χ2n) is 5.40. The number of furan rings is 1. The molecule has 0 unspecified atom stereocenters. The topological polar surface area (TPSA) is 39.2 Å². The minimum atomic E-state index is 0.799. The summed E-state index contributed by atoms with van der Waals surface area (Å²) < 4.78 is 5.87. The summed E-state index contributed by atoms with van der Waals surface area (Å²) in [6.45, 7) is 2.08. The summed E-state index contributed by atoms with van der Waals surface area (Å²) >= 11 is 0. The van der Waals surface area contributed by atoms with Crippen molar-refractivity contribution >= 4 is 27.6 Å². The lowest BCUT2D eigenvalue weighted by atomic mass is 9.99. The molecule has 2 heteroatoms. The smallest absolute Gasteiger partial charge is 0.135 e. The van der Waals surface area contributed by atoms with Gasteiger partial charge in [-0.1, -0.05) is 35.9 Å². The number of aryl methyl sites for hydroxylation is 1. The molecule has 21 heavy (non-hydrogen) atoms. The number of fused-ring (bicyclic) bond motifs is 3. The highest BCUT2D eigenvalue weighted by molar-refractivity contribution is 6.06. The van der Waals surface area contributed by atoms with Gasteiger partial charge >= 0.3 is 0 Å². The quantitative estimate of drug-likeness (QED) is 0.487. The summed E-state index contributed by atoms with van der Waals surface area (Å²) in [5, 5.41) is 2.27. The Balaban J connectivity index is 2.02. The van der Waals surface area contributed by atoms with Crippen LogP contribution in [0, 0.1) is 6.92 Å². The van der Waals surface area contributed by atoms with E-state index in [4.69, 9.17) is 10.2 Å². The van der Waals surface area contributed by atoms with Gasteiger partial charge in [-0.15, -0.1) is 0 Å². The Morgan fingerprint density at radius 3 is 2.52 bits per heavy atom. The van der Waals surface area contributed by atoms with Gasteiger partial charge in [-0.3, -0.25) is 0 Å². The van der Waals surface area contributed by atoms with Gasteiger partial charge in [-0.2, -0.15) is 0 Å². The minimum Gasteiger partial charge on any atom is -0.456 e. The molecule has 0 saturated heterocycles. The molecule has 0 amide bonds. The van der Waals surface area contributed by atoms with Gasteiger partial charge in [0.1, 0.15) is 11.2 Å². The second-order valence-corrected chi connectivity index (χ2v) is 5.40. The van der Waals surface area contributed by atoms with E-state index in [-0.39, 0.29) is 0 Å². The van der Waals surface area contributed by atoms with Crippen LogP contribution in [0.2, 0.25) is 0 Å². The Morgan fingerprint density at radius 1 is 0.810 bits per heavy atom. The number of hydrogen-bond acceptors (Lipinski definition) is 2. The highest BCUT2D eigenvalue weighted by atomic mass is 16.3. The number of nitrogen functional groups attached to an aromatic ring is 1. The summed E-state index contributed by atoms with van der Waals surface area (Å²) in [4.78, 5) is 0.